The monoisotopic (exact) mass is 216 g/mol. The lowest BCUT2D eigenvalue weighted by atomic mass is 9.82. The van der Waals surface area contributed by atoms with Crippen molar-refractivity contribution in [1.82, 2.24) is 0 Å². The Morgan fingerprint density at radius 3 is 2.33 bits per heavy atom. The van der Waals surface area contributed by atoms with E-state index in [1.165, 1.54) is 0 Å². The van der Waals surface area contributed by atoms with E-state index >= 15 is 0 Å². The molecule has 0 aliphatic heterocycles. The lowest BCUT2D eigenvalue weighted by molar-refractivity contribution is -0.126. The zero-order valence-corrected chi connectivity index (χ0v) is 9.19. The van der Waals surface area contributed by atoms with E-state index in [1.807, 2.05) is 6.92 Å². The third kappa shape index (κ3) is 4.10. The van der Waals surface area contributed by atoms with Crippen LogP contribution in [0.3, 0.4) is 0 Å². The Morgan fingerprint density at radius 1 is 1.33 bits per heavy atom. The van der Waals surface area contributed by atoms with E-state index in [1.54, 1.807) is 0 Å². The molecule has 0 spiro atoms. The van der Waals surface area contributed by atoms with Gasteiger partial charge in [0.25, 0.3) is 0 Å². The molecule has 0 amide bonds. The fraction of sp³-hybridized carbons (Fsp3) is 0.750. The van der Waals surface area contributed by atoms with E-state index in [0.717, 1.165) is 5.57 Å². The van der Waals surface area contributed by atoms with Crippen LogP contribution in [0.2, 0.25) is 0 Å². The Balaban J connectivity index is 2.33. The summed E-state index contributed by atoms with van der Waals surface area (Å²) in [6, 6.07) is 0. The minimum absolute atomic E-state index is 0.128. The summed E-state index contributed by atoms with van der Waals surface area (Å²) < 4.78 is 25.7. The summed E-state index contributed by atoms with van der Waals surface area (Å²) in [5.74, 6) is -2.54. The first-order chi connectivity index (χ1) is 6.91. The van der Waals surface area contributed by atoms with Gasteiger partial charge in [0.1, 0.15) is 5.78 Å². The number of carbonyl (C=O) groups excluding carboxylic acids is 1. The zero-order valence-electron chi connectivity index (χ0n) is 9.19. The highest BCUT2D eigenvalue weighted by atomic mass is 19.3. The second-order valence-corrected chi connectivity index (χ2v) is 4.55. The standard InChI is InChI=1S/C12H18F2O/c1-9(2)3-4-11(15)10-5-7-12(13,14)8-6-10/h10H,1,3-8H2,2H3. The Bertz CT molecular complexity index is 248. The van der Waals surface area contributed by atoms with Gasteiger partial charge in [-0.2, -0.15) is 0 Å². The van der Waals surface area contributed by atoms with Crippen LogP contribution in [0.15, 0.2) is 12.2 Å². The molecule has 0 aromatic carbocycles. The number of Topliss-reactive ketones (excluding diaryl/α,β-unsaturated/α-hetero) is 1. The molecule has 86 valence electrons. The molecule has 1 fully saturated rings. The van der Waals surface area contributed by atoms with E-state index in [0.29, 0.717) is 25.7 Å². The third-order valence-corrected chi connectivity index (χ3v) is 2.97. The molecule has 0 heterocycles. The van der Waals surface area contributed by atoms with Crippen molar-refractivity contribution in [3.63, 3.8) is 0 Å². The van der Waals surface area contributed by atoms with Gasteiger partial charge in [0.05, 0.1) is 0 Å². The van der Waals surface area contributed by atoms with Crippen molar-refractivity contribution in [2.24, 2.45) is 5.92 Å². The Labute approximate surface area is 89.6 Å². The van der Waals surface area contributed by atoms with Crippen molar-refractivity contribution in [1.29, 1.82) is 0 Å². The van der Waals surface area contributed by atoms with Gasteiger partial charge in [-0.1, -0.05) is 5.57 Å². The van der Waals surface area contributed by atoms with Crippen LogP contribution in [-0.2, 0) is 4.79 Å². The molecule has 3 heteroatoms. The van der Waals surface area contributed by atoms with Gasteiger partial charge < -0.3 is 0 Å². The molecule has 1 saturated carbocycles. The first-order valence-corrected chi connectivity index (χ1v) is 5.46. The molecule has 1 aliphatic rings. The summed E-state index contributed by atoms with van der Waals surface area (Å²) in [6.45, 7) is 5.60. The number of hydrogen-bond donors (Lipinski definition) is 0. The Morgan fingerprint density at radius 2 is 1.87 bits per heavy atom. The van der Waals surface area contributed by atoms with E-state index < -0.39 is 5.92 Å². The van der Waals surface area contributed by atoms with Gasteiger partial charge in [0.2, 0.25) is 5.92 Å². The van der Waals surface area contributed by atoms with Gasteiger partial charge in [0.15, 0.2) is 0 Å². The van der Waals surface area contributed by atoms with Gasteiger partial charge in [0, 0.05) is 25.2 Å². The average Bonchev–Trinajstić information content (AvgIpc) is 2.14. The maximum atomic E-state index is 12.8. The molecule has 0 N–H and O–H groups in total. The minimum Gasteiger partial charge on any atom is -0.299 e. The average molecular weight is 216 g/mol. The van der Waals surface area contributed by atoms with Crippen molar-refractivity contribution in [2.75, 3.05) is 0 Å². The van der Waals surface area contributed by atoms with Crippen LogP contribution in [-0.4, -0.2) is 11.7 Å². The Hall–Kier alpha value is -0.730. The summed E-state index contributed by atoms with van der Waals surface area (Å²) in [6.07, 6.45) is 1.59. The quantitative estimate of drug-likeness (QED) is 0.654. The largest absolute Gasteiger partial charge is 0.299 e. The van der Waals surface area contributed by atoms with Crippen molar-refractivity contribution in [3.05, 3.63) is 12.2 Å². The first-order valence-electron chi connectivity index (χ1n) is 5.46. The molecule has 1 rings (SSSR count). The maximum Gasteiger partial charge on any atom is 0.248 e. The number of rotatable bonds is 4. The molecule has 0 atom stereocenters. The highest BCUT2D eigenvalue weighted by Gasteiger charge is 2.36. The van der Waals surface area contributed by atoms with E-state index in [4.69, 9.17) is 0 Å². The third-order valence-electron chi connectivity index (χ3n) is 2.97. The smallest absolute Gasteiger partial charge is 0.248 e. The minimum atomic E-state index is -2.54. The molecule has 0 aromatic heterocycles. The van der Waals surface area contributed by atoms with Crippen LogP contribution in [0.25, 0.3) is 0 Å². The van der Waals surface area contributed by atoms with E-state index in [2.05, 4.69) is 6.58 Å². The van der Waals surface area contributed by atoms with Crippen molar-refractivity contribution >= 4 is 5.78 Å². The first kappa shape index (κ1) is 12.3. The highest BCUT2D eigenvalue weighted by molar-refractivity contribution is 5.81. The molecule has 0 aromatic rings. The molecule has 0 unspecified atom stereocenters. The zero-order chi connectivity index (χ0) is 11.5. The fourth-order valence-corrected chi connectivity index (χ4v) is 1.90. The summed E-state index contributed by atoms with van der Waals surface area (Å²) in [7, 11) is 0. The summed E-state index contributed by atoms with van der Waals surface area (Å²) in [5.41, 5.74) is 0.976. The summed E-state index contributed by atoms with van der Waals surface area (Å²) >= 11 is 0. The predicted octanol–water partition coefficient (Wildman–Crippen LogP) is 3.74. The van der Waals surface area contributed by atoms with Crippen molar-refractivity contribution in [3.8, 4) is 0 Å². The number of carbonyl (C=O) groups is 1. The molecule has 0 bridgehead atoms. The number of hydrogen-bond acceptors (Lipinski definition) is 1. The fourth-order valence-electron chi connectivity index (χ4n) is 1.90. The van der Waals surface area contributed by atoms with Gasteiger partial charge in [-0.15, -0.1) is 6.58 Å². The highest BCUT2D eigenvalue weighted by Crippen LogP contribution is 2.36. The van der Waals surface area contributed by atoms with Crippen LogP contribution in [0.5, 0.6) is 0 Å². The van der Waals surface area contributed by atoms with Crippen LogP contribution in [0, 0.1) is 5.92 Å². The van der Waals surface area contributed by atoms with Crippen LogP contribution in [0.4, 0.5) is 8.78 Å². The van der Waals surface area contributed by atoms with Gasteiger partial charge >= 0.3 is 0 Å². The lowest BCUT2D eigenvalue weighted by Crippen LogP contribution is -2.28. The molecule has 15 heavy (non-hydrogen) atoms. The van der Waals surface area contributed by atoms with Crippen molar-refractivity contribution in [2.45, 2.75) is 51.4 Å². The van der Waals surface area contributed by atoms with Gasteiger partial charge in [-0.05, 0) is 26.2 Å². The Kier molecular flexibility index (Phi) is 4.00. The summed E-state index contributed by atoms with van der Waals surface area (Å²) in [5, 5.41) is 0. The second-order valence-electron chi connectivity index (χ2n) is 4.55. The van der Waals surface area contributed by atoms with Crippen LogP contribution in [0.1, 0.15) is 45.4 Å². The SMILES string of the molecule is C=C(C)CCC(=O)C1CCC(F)(F)CC1. The van der Waals surface area contributed by atoms with Crippen LogP contribution >= 0.6 is 0 Å². The van der Waals surface area contributed by atoms with E-state index in [9.17, 15) is 13.6 Å². The number of alkyl halides is 2. The molecule has 1 aliphatic carbocycles. The van der Waals surface area contributed by atoms with E-state index in [-0.39, 0.29) is 24.5 Å². The molecule has 0 saturated heterocycles. The number of ketones is 1. The molecule has 1 nitrogen and oxygen atoms in total. The topological polar surface area (TPSA) is 17.1 Å². The number of allylic oxidation sites excluding steroid dienone is 1. The van der Waals surface area contributed by atoms with Gasteiger partial charge in [-0.3, -0.25) is 4.79 Å². The second kappa shape index (κ2) is 4.86. The predicted molar refractivity (Wildman–Crippen MR) is 56.0 cm³/mol. The van der Waals surface area contributed by atoms with Gasteiger partial charge in [-0.25, -0.2) is 8.78 Å². The summed E-state index contributed by atoms with van der Waals surface area (Å²) in [4.78, 5) is 11.6. The van der Waals surface area contributed by atoms with Crippen molar-refractivity contribution < 1.29 is 13.6 Å². The maximum absolute atomic E-state index is 12.8. The van der Waals surface area contributed by atoms with Crippen LogP contribution < -0.4 is 0 Å². The normalized spacial score (nSPS) is 21.3. The lowest BCUT2D eigenvalue weighted by Gasteiger charge is -2.27. The molecule has 0 radical (unpaired) electrons. The molecular weight excluding hydrogens is 198 g/mol. The molecular formula is C12H18F2O. The number of halogens is 2.